The fraction of sp³-hybridized carbons (Fsp3) is 0.0667. The van der Waals surface area contributed by atoms with E-state index < -0.39 is 9.84 Å². The molecular weight excluding hydrogens is 295 g/mol. The monoisotopic (exact) mass is 306 g/mol. The van der Waals surface area contributed by atoms with Crippen molar-refractivity contribution >= 4 is 31.3 Å². The lowest BCUT2D eigenvalue weighted by Gasteiger charge is -2.06. The third kappa shape index (κ3) is 2.46. The molecule has 0 aliphatic heterocycles. The highest BCUT2D eigenvalue weighted by Crippen LogP contribution is 2.29. The fourth-order valence-electron chi connectivity index (χ4n) is 2.12. The number of hydrogen-bond acceptors (Lipinski definition) is 3. The third-order valence-electron chi connectivity index (χ3n) is 3.06. The van der Waals surface area contributed by atoms with Crippen LogP contribution < -0.4 is 0 Å². The Hall–Kier alpha value is -1.72. The van der Waals surface area contributed by atoms with Crippen LogP contribution >= 0.6 is 11.3 Å². The summed E-state index contributed by atoms with van der Waals surface area (Å²) in [4.78, 5) is 0.334. The molecule has 20 heavy (non-hydrogen) atoms. The van der Waals surface area contributed by atoms with Crippen LogP contribution in [0.1, 0.15) is 5.56 Å². The molecule has 2 nitrogen and oxygen atoms in total. The zero-order valence-corrected chi connectivity index (χ0v) is 12.0. The van der Waals surface area contributed by atoms with E-state index in [1.165, 1.54) is 35.6 Å². The SMILES string of the molecule is O=S(=O)(Cc1ccc(F)cc1)c1cccc2sccc12. The van der Waals surface area contributed by atoms with E-state index >= 15 is 0 Å². The summed E-state index contributed by atoms with van der Waals surface area (Å²) in [5.74, 6) is -0.492. The van der Waals surface area contributed by atoms with E-state index in [1.54, 1.807) is 12.1 Å². The van der Waals surface area contributed by atoms with Crippen LogP contribution in [0.5, 0.6) is 0 Å². The molecule has 0 aliphatic rings. The Morgan fingerprint density at radius 1 is 1.00 bits per heavy atom. The number of sulfone groups is 1. The van der Waals surface area contributed by atoms with Gasteiger partial charge in [0.2, 0.25) is 0 Å². The molecular formula is C15H11FO2S2. The van der Waals surface area contributed by atoms with Gasteiger partial charge in [-0.3, -0.25) is 0 Å². The Balaban J connectivity index is 2.03. The topological polar surface area (TPSA) is 34.1 Å². The summed E-state index contributed by atoms with van der Waals surface area (Å²) < 4.78 is 38.8. The Labute approximate surface area is 120 Å². The van der Waals surface area contributed by atoms with Gasteiger partial charge in [0.15, 0.2) is 9.84 Å². The fourth-order valence-corrected chi connectivity index (χ4v) is 4.58. The maximum atomic E-state index is 12.9. The van der Waals surface area contributed by atoms with Gasteiger partial charge in [-0.2, -0.15) is 0 Å². The largest absolute Gasteiger partial charge is 0.223 e. The molecule has 0 N–H and O–H groups in total. The first-order chi connectivity index (χ1) is 9.56. The van der Waals surface area contributed by atoms with E-state index in [0.717, 1.165) is 10.1 Å². The van der Waals surface area contributed by atoms with Crippen molar-refractivity contribution in [1.29, 1.82) is 0 Å². The van der Waals surface area contributed by atoms with E-state index in [-0.39, 0.29) is 11.6 Å². The lowest BCUT2D eigenvalue weighted by Crippen LogP contribution is -2.05. The van der Waals surface area contributed by atoms with Crippen molar-refractivity contribution in [2.24, 2.45) is 0 Å². The molecule has 0 unspecified atom stereocenters. The molecule has 0 atom stereocenters. The summed E-state index contributed by atoms with van der Waals surface area (Å²) in [6.45, 7) is 0. The van der Waals surface area contributed by atoms with Crippen LogP contribution in [0.4, 0.5) is 4.39 Å². The highest BCUT2D eigenvalue weighted by atomic mass is 32.2. The molecule has 0 amide bonds. The molecule has 102 valence electrons. The van der Waals surface area contributed by atoms with Gasteiger partial charge in [0, 0.05) is 10.1 Å². The average molecular weight is 306 g/mol. The Morgan fingerprint density at radius 2 is 1.75 bits per heavy atom. The predicted octanol–water partition coefficient (Wildman–Crippen LogP) is 4.01. The summed E-state index contributed by atoms with van der Waals surface area (Å²) in [6, 6.07) is 12.6. The summed E-state index contributed by atoms with van der Waals surface area (Å²) in [5.41, 5.74) is 0.582. The van der Waals surface area contributed by atoms with Gasteiger partial charge >= 0.3 is 0 Å². The molecule has 1 aromatic heterocycles. The molecule has 3 rings (SSSR count). The summed E-state index contributed by atoms with van der Waals surface area (Å²) in [7, 11) is -3.44. The molecule has 1 heterocycles. The number of thiophene rings is 1. The molecule has 0 bridgehead atoms. The van der Waals surface area contributed by atoms with Crippen LogP contribution in [-0.4, -0.2) is 8.42 Å². The van der Waals surface area contributed by atoms with Gasteiger partial charge in [-0.05, 0) is 41.3 Å². The second-order valence-corrected chi connectivity index (χ2v) is 7.38. The van der Waals surface area contributed by atoms with Crippen LogP contribution in [-0.2, 0) is 15.6 Å². The zero-order valence-electron chi connectivity index (χ0n) is 10.4. The number of rotatable bonds is 3. The molecule has 0 aliphatic carbocycles. The van der Waals surface area contributed by atoms with Crippen LogP contribution in [0, 0.1) is 5.82 Å². The second-order valence-electron chi connectivity index (χ2n) is 4.47. The van der Waals surface area contributed by atoms with E-state index in [4.69, 9.17) is 0 Å². The van der Waals surface area contributed by atoms with E-state index in [0.29, 0.717) is 10.5 Å². The summed E-state index contributed by atoms with van der Waals surface area (Å²) >= 11 is 1.51. The minimum absolute atomic E-state index is 0.123. The Morgan fingerprint density at radius 3 is 2.50 bits per heavy atom. The third-order valence-corrected chi connectivity index (χ3v) is 5.68. The second kappa shape index (κ2) is 5.00. The van der Waals surface area contributed by atoms with Crippen molar-refractivity contribution in [2.75, 3.05) is 0 Å². The van der Waals surface area contributed by atoms with Gasteiger partial charge in [-0.25, -0.2) is 12.8 Å². The minimum atomic E-state index is -3.44. The van der Waals surface area contributed by atoms with E-state index in [2.05, 4.69) is 0 Å². The lowest BCUT2D eigenvalue weighted by molar-refractivity contribution is 0.595. The number of benzene rings is 2. The summed E-state index contributed by atoms with van der Waals surface area (Å²) in [6.07, 6.45) is 0. The van der Waals surface area contributed by atoms with Crippen molar-refractivity contribution in [3.05, 3.63) is 65.3 Å². The number of fused-ring (bicyclic) bond motifs is 1. The molecule has 0 fully saturated rings. The summed E-state index contributed by atoms with van der Waals surface area (Å²) in [5, 5.41) is 2.63. The van der Waals surface area contributed by atoms with Gasteiger partial charge < -0.3 is 0 Å². The molecule has 0 radical (unpaired) electrons. The van der Waals surface area contributed by atoms with Crippen molar-refractivity contribution in [1.82, 2.24) is 0 Å². The van der Waals surface area contributed by atoms with Crippen LogP contribution in [0.25, 0.3) is 10.1 Å². The Bertz CT molecular complexity index is 849. The van der Waals surface area contributed by atoms with Gasteiger partial charge in [-0.15, -0.1) is 11.3 Å². The first kappa shape index (κ1) is 13.3. The molecule has 0 saturated carbocycles. The Kier molecular flexibility index (Phi) is 3.31. The maximum Gasteiger partial charge on any atom is 0.183 e. The maximum absolute atomic E-state index is 12.9. The van der Waals surface area contributed by atoms with Crippen molar-refractivity contribution in [2.45, 2.75) is 10.6 Å². The van der Waals surface area contributed by atoms with Crippen molar-refractivity contribution in [3.63, 3.8) is 0 Å². The molecule has 2 aromatic carbocycles. The van der Waals surface area contributed by atoms with Crippen LogP contribution in [0.2, 0.25) is 0 Å². The zero-order chi connectivity index (χ0) is 14.2. The van der Waals surface area contributed by atoms with Crippen molar-refractivity contribution < 1.29 is 12.8 Å². The molecule has 0 spiro atoms. The quantitative estimate of drug-likeness (QED) is 0.732. The van der Waals surface area contributed by atoms with Gasteiger partial charge in [0.1, 0.15) is 5.82 Å². The van der Waals surface area contributed by atoms with Crippen LogP contribution in [0.3, 0.4) is 0 Å². The number of halogens is 1. The molecule has 3 aromatic rings. The van der Waals surface area contributed by atoms with Crippen LogP contribution in [0.15, 0.2) is 58.8 Å². The molecule has 0 saturated heterocycles. The first-order valence-corrected chi connectivity index (χ1v) is 8.53. The molecule has 5 heteroatoms. The van der Waals surface area contributed by atoms with Crippen molar-refractivity contribution in [3.8, 4) is 0 Å². The number of hydrogen-bond donors (Lipinski definition) is 0. The van der Waals surface area contributed by atoms with E-state index in [9.17, 15) is 12.8 Å². The van der Waals surface area contributed by atoms with Gasteiger partial charge in [0.25, 0.3) is 0 Å². The first-order valence-electron chi connectivity index (χ1n) is 6.00. The van der Waals surface area contributed by atoms with E-state index in [1.807, 2.05) is 17.5 Å². The smallest absolute Gasteiger partial charge is 0.183 e. The normalized spacial score (nSPS) is 11.8. The predicted molar refractivity (Wildman–Crippen MR) is 79.1 cm³/mol. The standard InChI is InChI=1S/C15H11FO2S2/c16-12-6-4-11(5-7-12)10-20(17,18)15-3-1-2-14-13(15)8-9-19-14/h1-9H,10H2. The average Bonchev–Trinajstić information content (AvgIpc) is 2.89. The van der Waals surface area contributed by atoms with Gasteiger partial charge in [0.05, 0.1) is 10.6 Å². The lowest BCUT2D eigenvalue weighted by atomic mass is 10.2. The highest BCUT2D eigenvalue weighted by molar-refractivity contribution is 7.90. The minimum Gasteiger partial charge on any atom is -0.223 e. The van der Waals surface area contributed by atoms with Gasteiger partial charge in [-0.1, -0.05) is 18.2 Å². The highest BCUT2D eigenvalue weighted by Gasteiger charge is 2.18.